The summed E-state index contributed by atoms with van der Waals surface area (Å²) >= 11 is 6.08. The predicted molar refractivity (Wildman–Crippen MR) is 123 cm³/mol. The number of pyridine rings is 1. The fraction of sp³-hybridized carbons (Fsp3) is 0.500. The molecule has 3 heterocycles. The molecule has 0 bridgehead atoms. The summed E-state index contributed by atoms with van der Waals surface area (Å²) in [5.74, 6) is 0.563. The summed E-state index contributed by atoms with van der Waals surface area (Å²) in [7, 11) is 0. The molecule has 2 aliphatic rings. The first-order valence-electron chi connectivity index (χ1n) is 11.3. The summed E-state index contributed by atoms with van der Waals surface area (Å²) in [4.78, 5) is 18.7. The summed E-state index contributed by atoms with van der Waals surface area (Å²) in [5.41, 5.74) is 0.754. The van der Waals surface area contributed by atoms with E-state index in [0.717, 1.165) is 37.3 Å². The number of benzene rings is 1. The summed E-state index contributed by atoms with van der Waals surface area (Å²) < 4.78 is 50.2. The van der Waals surface area contributed by atoms with Gasteiger partial charge in [-0.2, -0.15) is 13.2 Å². The van der Waals surface area contributed by atoms with Crippen molar-refractivity contribution >= 4 is 29.0 Å². The first kappa shape index (κ1) is 24.6. The van der Waals surface area contributed by atoms with Crippen LogP contribution in [0, 0.1) is 12.8 Å². The van der Waals surface area contributed by atoms with Crippen molar-refractivity contribution in [2.75, 3.05) is 36.5 Å². The van der Waals surface area contributed by atoms with Gasteiger partial charge in [0.05, 0.1) is 22.4 Å². The van der Waals surface area contributed by atoms with Crippen LogP contribution in [0.5, 0.6) is 5.75 Å². The number of piperidine rings is 1. The Bertz CT molecular complexity index is 1020. The van der Waals surface area contributed by atoms with Crippen LogP contribution in [0.25, 0.3) is 0 Å². The highest BCUT2D eigenvalue weighted by Crippen LogP contribution is 2.35. The number of aryl methyl sites for hydroxylation is 1. The van der Waals surface area contributed by atoms with Crippen molar-refractivity contribution in [3.05, 3.63) is 46.6 Å². The number of nitrogens with one attached hydrogen (secondary N) is 1. The number of amides is 1. The largest absolute Gasteiger partial charge is 0.489 e. The average molecular weight is 498 g/mol. The minimum absolute atomic E-state index is 0.0505. The van der Waals surface area contributed by atoms with Gasteiger partial charge in [-0.15, -0.1) is 0 Å². The number of hydrogen-bond acceptors (Lipinski definition) is 5. The molecule has 1 aromatic heterocycles. The minimum Gasteiger partial charge on any atom is -0.489 e. The first-order valence-corrected chi connectivity index (χ1v) is 11.7. The van der Waals surface area contributed by atoms with E-state index in [9.17, 15) is 18.0 Å². The van der Waals surface area contributed by atoms with Crippen molar-refractivity contribution in [3.8, 4) is 5.75 Å². The van der Waals surface area contributed by atoms with Crippen molar-refractivity contribution in [1.82, 2.24) is 4.98 Å². The zero-order valence-electron chi connectivity index (χ0n) is 18.8. The molecule has 6 nitrogen and oxygen atoms in total. The Morgan fingerprint density at radius 1 is 1.26 bits per heavy atom. The molecule has 1 amide bonds. The fourth-order valence-electron chi connectivity index (χ4n) is 4.22. The lowest BCUT2D eigenvalue weighted by molar-refractivity contribution is -0.137. The van der Waals surface area contributed by atoms with Gasteiger partial charge < -0.3 is 19.7 Å². The van der Waals surface area contributed by atoms with Gasteiger partial charge in [0.1, 0.15) is 18.2 Å². The van der Waals surface area contributed by atoms with Crippen molar-refractivity contribution in [2.45, 2.75) is 44.9 Å². The lowest BCUT2D eigenvalue weighted by Gasteiger charge is -2.32. The molecule has 1 atom stereocenters. The molecular formula is C24H27ClF3N3O3. The molecule has 34 heavy (non-hydrogen) atoms. The second-order valence-corrected chi connectivity index (χ2v) is 9.13. The van der Waals surface area contributed by atoms with E-state index in [1.165, 1.54) is 0 Å². The number of halogens is 4. The Labute approximate surface area is 201 Å². The zero-order chi connectivity index (χ0) is 24.3. The van der Waals surface area contributed by atoms with E-state index in [1.54, 1.807) is 0 Å². The van der Waals surface area contributed by atoms with E-state index < -0.39 is 11.7 Å². The molecule has 0 aliphatic carbocycles. The number of aromatic nitrogens is 1. The van der Waals surface area contributed by atoms with E-state index in [2.05, 4.69) is 10.3 Å². The van der Waals surface area contributed by atoms with Crippen LogP contribution in [0.15, 0.2) is 30.5 Å². The molecule has 2 aromatic rings. The molecule has 1 N–H and O–H groups in total. The van der Waals surface area contributed by atoms with Gasteiger partial charge in [0, 0.05) is 31.8 Å². The molecule has 2 aliphatic heterocycles. The number of hydrogen-bond donors (Lipinski definition) is 1. The number of nitrogens with zero attached hydrogens (tertiary/aromatic N) is 2. The van der Waals surface area contributed by atoms with Crippen molar-refractivity contribution in [1.29, 1.82) is 0 Å². The van der Waals surface area contributed by atoms with Crippen molar-refractivity contribution in [3.63, 3.8) is 0 Å². The first-order chi connectivity index (χ1) is 16.2. The SMILES string of the molecule is Cc1ccc(NC(=O)C2CCN(c3ncc(C(F)(F)F)cc3Cl)CC2)c(OCC2CCCO2)c1. The minimum atomic E-state index is -4.50. The lowest BCUT2D eigenvalue weighted by Crippen LogP contribution is -2.38. The van der Waals surface area contributed by atoms with E-state index in [-0.39, 0.29) is 23.0 Å². The van der Waals surface area contributed by atoms with Crippen LogP contribution in [0.1, 0.15) is 36.8 Å². The highest BCUT2D eigenvalue weighted by atomic mass is 35.5. The fourth-order valence-corrected chi connectivity index (χ4v) is 4.50. The normalized spacial score (nSPS) is 19.3. The van der Waals surface area contributed by atoms with E-state index in [4.69, 9.17) is 21.1 Å². The summed E-state index contributed by atoms with van der Waals surface area (Å²) in [5, 5.41) is 2.93. The zero-order valence-corrected chi connectivity index (χ0v) is 19.6. The Kier molecular flexibility index (Phi) is 7.52. The highest BCUT2D eigenvalue weighted by molar-refractivity contribution is 6.33. The third-order valence-corrected chi connectivity index (χ3v) is 6.44. The van der Waals surface area contributed by atoms with Gasteiger partial charge >= 0.3 is 6.18 Å². The third kappa shape index (κ3) is 5.93. The van der Waals surface area contributed by atoms with Crippen LogP contribution in [0.3, 0.4) is 0 Å². The van der Waals surface area contributed by atoms with Crippen LogP contribution in [0.2, 0.25) is 5.02 Å². The van der Waals surface area contributed by atoms with Crippen molar-refractivity contribution in [2.24, 2.45) is 5.92 Å². The van der Waals surface area contributed by atoms with Crippen LogP contribution >= 0.6 is 11.6 Å². The van der Waals surface area contributed by atoms with Gasteiger partial charge in [-0.25, -0.2) is 4.98 Å². The summed E-state index contributed by atoms with van der Waals surface area (Å²) in [6.45, 7) is 4.07. The maximum Gasteiger partial charge on any atom is 0.417 e. The Morgan fingerprint density at radius 2 is 2.03 bits per heavy atom. The monoisotopic (exact) mass is 497 g/mol. The Hall–Kier alpha value is -2.52. The average Bonchev–Trinajstić information content (AvgIpc) is 3.32. The topological polar surface area (TPSA) is 63.7 Å². The molecule has 0 radical (unpaired) electrons. The maximum atomic E-state index is 13.0. The molecule has 2 fully saturated rings. The number of ether oxygens (including phenoxy) is 2. The standard InChI is InChI=1S/C24H27ClF3N3O3/c1-15-4-5-20(21(11-15)34-14-18-3-2-10-33-18)30-23(32)16-6-8-31(9-7-16)22-19(25)12-17(13-29-22)24(26,27)28/h4-5,11-13,16,18H,2-3,6-10,14H2,1H3,(H,30,32). The second kappa shape index (κ2) is 10.4. The van der Waals surface area contributed by atoms with Crippen LogP contribution < -0.4 is 15.0 Å². The molecule has 4 rings (SSSR count). The van der Waals surface area contributed by atoms with Gasteiger partial charge in [0.15, 0.2) is 0 Å². The molecule has 1 aromatic carbocycles. The van der Waals surface area contributed by atoms with Gasteiger partial charge in [-0.1, -0.05) is 17.7 Å². The second-order valence-electron chi connectivity index (χ2n) is 8.72. The van der Waals surface area contributed by atoms with Gasteiger partial charge in [-0.3, -0.25) is 4.79 Å². The molecule has 0 spiro atoms. The van der Waals surface area contributed by atoms with E-state index in [1.807, 2.05) is 30.0 Å². The number of anilines is 2. The summed E-state index contributed by atoms with van der Waals surface area (Å²) in [6, 6.07) is 6.53. The van der Waals surface area contributed by atoms with Crippen LogP contribution in [0.4, 0.5) is 24.7 Å². The predicted octanol–water partition coefficient (Wildman–Crippen LogP) is 5.48. The summed E-state index contributed by atoms with van der Waals surface area (Å²) in [6.07, 6.45) is -0.593. The van der Waals surface area contributed by atoms with Gasteiger partial charge in [0.25, 0.3) is 0 Å². The van der Waals surface area contributed by atoms with Crippen LogP contribution in [-0.2, 0) is 15.7 Å². The van der Waals surface area contributed by atoms with E-state index >= 15 is 0 Å². The number of carbonyl (C=O) groups is 1. The van der Waals surface area contributed by atoms with Gasteiger partial charge in [0.2, 0.25) is 5.91 Å². The van der Waals surface area contributed by atoms with Crippen molar-refractivity contribution < 1.29 is 27.4 Å². The molecule has 2 saturated heterocycles. The quantitative estimate of drug-likeness (QED) is 0.573. The number of carbonyl (C=O) groups excluding carboxylic acids is 1. The van der Waals surface area contributed by atoms with Crippen LogP contribution in [-0.4, -0.2) is 43.3 Å². The smallest absolute Gasteiger partial charge is 0.417 e. The lowest BCUT2D eigenvalue weighted by atomic mass is 9.95. The maximum absolute atomic E-state index is 13.0. The molecule has 184 valence electrons. The Balaban J connectivity index is 1.35. The molecular weight excluding hydrogens is 471 g/mol. The van der Waals surface area contributed by atoms with E-state index in [0.29, 0.717) is 49.8 Å². The molecule has 10 heteroatoms. The highest BCUT2D eigenvalue weighted by Gasteiger charge is 2.33. The van der Waals surface area contributed by atoms with Gasteiger partial charge in [-0.05, 0) is 56.4 Å². The number of rotatable bonds is 6. The number of alkyl halides is 3. The molecule has 0 saturated carbocycles. The third-order valence-electron chi connectivity index (χ3n) is 6.16. The Morgan fingerprint density at radius 3 is 2.68 bits per heavy atom. The molecule has 1 unspecified atom stereocenters.